The molecule has 0 atom stereocenters. The van der Waals surface area contributed by atoms with E-state index >= 15 is 0 Å². The number of halogens is 1. The fourth-order valence-corrected chi connectivity index (χ4v) is 3.09. The Balaban J connectivity index is 1.90. The van der Waals surface area contributed by atoms with E-state index in [9.17, 15) is 14.0 Å². The van der Waals surface area contributed by atoms with Crippen LogP contribution < -0.4 is 5.56 Å². The van der Waals surface area contributed by atoms with E-state index in [1.807, 2.05) is 24.3 Å². The molecule has 0 aliphatic rings. The van der Waals surface area contributed by atoms with Gasteiger partial charge in [0.15, 0.2) is 5.69 Å². The van der Waals surface area contributed by atoms with Crippen molar-refractivity contribution in [1.29, 1.82) is 0 Å². The van der Waals surface area contributed by atoms with E-state index < -0.39 is 11.8 Å². The zero-order chi connectivity index (χ0) is 20.5. The van der Waals surface area contributed by atoms with Crippen molar-refractivity contribution in [2.45, 2.75) is 13.5 Å². The monoisotopic (exact) mass is 392 g/mol. The van der Waals surface area contributed by atoms with Crippen LogP contribution in [0.15, 0.2) is 59.4 Å². The fourth-order valence-electron chi connectivity index (χ4n) is 3.09. The van der Waals surface area contributed by atoms with Crippen molar-refractivity contribution in [1.82, 2.24) is 19.3 Å². The molecule has 8 heteroatoms. The SMILES string of the molecule is CC(=O)OCc1cc(-c2nc3ccccc3n(C)c2=O)nn1-c1cccc(F)c1. The number of aryl methyl sites for hydroxylation is 1. The van der Waals surface area contributed by atoms with Crippen molar-refractivity contribution in [2.75, 3.05) is 0 Å². The Labute approximate surface area is 165 Å². The minimum absolute atomic E-state index is 0.0766. The van der Waals surface area contributed by atoms with Crippen LogP contribution >= 0.6 is 0 Å². The number of fused-ring (bicyclic) bond motifs is 1. The molecule has 0 spiro atoms. The van der Waals surface area contributed by atoms with Gasteiger partial charge in [-0.25, -0.2) is 14.1 Å². The summed E-state index contributed by atoms with van der Waals surface area (Å²) in [6, 6.07) is 14.7. The Morgan fingerprint density at radius 1 is 1.14 bits per heavy atom. The molecule has 7 nitrogen and oxygen atoms in total. The van der Waals surface area contributed by atoms with Gasteiger partial charge >= 0.3 is 5.97 Å². The molecule has 29 heavy (non-hydrogen) atoms. The lowest BCUT2D eigenvalue weighted by Gasteiger charge is -2.07. The van der Waals surface area contributed by atoms with Gasteiger partial charge in [0.2, 0.25) is 0 Å². The second-order valence-electron chi connectivity index (χ2n) is 6.51. The molecule has 0 aliphatic carbocycles. The molecule has 0 fully saturated rings. The summed E-state index contributed by atoms with van der Waals surface area (Å²) in [7, 11) is 1.67. The molecule has 4 rings (SSSR count). The summed E-state index contributed by atoms with van der Waals surface area (Å²) in [5.41, 5.74) is 2.42. The van der Waals surface area contributed by atoms with Crippen LogP contribution in [0.3, 0.4) is 0 Å². The lowest BCUT2D eigenvalue weighted by Crippen LogP contribution is -2.21. The zero-order valence-corrected chi connectivity index (χ0v) is 15.8. The fraction of sp³-hybridized carbons (Fsp3) is 0.143. The lowest BCUT2D eigenvalue weighted by molar-refractivity contribution is -0.142. The second-order valence-corrected chi connectivity index (χ2v) is 6.51. The topological polar surface area (TPSA) is 79.0 Å². The Morgan fingerprint density at radius 3 is 2.69 bits per heavy atom. The number of aromatic nitrogens is 4. The minimum Gasteiger partial charge on any atom is -0.459 e. The normalized spacial score (nSPS) is 11.0. The van der Waals surface area contributed by atoms with Crippen molar-refractivity contribution in [2.24, 2.45) is 7.05 Å². The molecule has 0 unspecified atom stereocenters. The smallest absolute Gasteiger partial charge is 0.303 e. The van der Waals surface area contributed by atoms with Gasteiger partial charge in [0.1, 0.15) is 18.1 Å². The van der Waals surface area contributed by atoms with Crippen LogP contribution in [0.1, 0.15) is 12.6 Å². The zero-order valence-electron chi connectivity index (χ0n) is 15.8. The maximum Gasteiger partial charge on any atom is 0.303 e. The molecular weight excluding hydrogens is 375 g/mol. The number of benzene rings is 2. The molecule has 2 aromatic heterocycles. The third-order valence-corrected chi connectivity index (χ3v) is 4.48. The van der Waals surface area contributed by atoms with Crippen LogP contribution in [-0.4, -0.2) is 25.3 Å². The summed E-state index contributed by atoms with van der Waals surface area (Å²) in [4.78, 5) is 28.6. The first-order chi connectivity index (χ1) is 13.9. The van der Waals surface area contributed by atoms with E-state index in [1.54, 1.807) is 25.2 Å². The number of ether oxygens (including phenoxy) is 1. The minimum atomic E-state index is -0.460. The Morgan fingerprint density at radius 2 is 1.93 bits per heavy atom. The molecule has 0 radical (unpaired) electrons. The van der Waals surface area contributed by atoms with Crippen molar-refractivity contribution < 1.29 is 13.9 Å². The van der Waals surface area contributed by atoms with Gasteiger partial charge in [-0.2, -0.15) is 5.10 Å². The molecule has 0 amide bonds. The predicted octanol–water partition coefficient (Wildman–Crippen LogP) is 2.99. The maximum absolute atomic E-state index is 13.7. The first-order valence-electron chi connectivity index (χ1n) is 8.88. The number of esters is 1. The summed E-state index contributed by atoms with van der Waals surface area (Å²) >= 11 is 0. The van der Waals surface area contributed by atoms with Gasteiger partial charge in [0.25, 0.3) is 5.56 Å². The summed E-state index contributed by atoms with van der Waals surface area (Å²) in [5.74, 6) is -0.893. The third kappa shape index (κ3) is 3.52. The van der Waals surface area contributed by atoms with Crippen molar-refractivity contribution in [3.63, 3.8) is 0 Å². The van der Waals surface area contributed by atoms with Gasteiger partial charge in [0, 0.05) is 14.0 Å². The molecule has 0 N–H and O–H groups in total. The van der Waals surface area contributed by atoms with E-state index in [1.165, 1.54) is 28.3 Å². The highest BCUT2D eigenvalue weighted by Gasteiger charge is 2.18. The number of para-hydroxylation sites is 2. The Kier molecular flexibility index (Phi) is 4.67. The molecule has 0 saturated carbocycles. The summed E-state index contributed by atoms with van der Waals surface area (Å²) in [6.07, 6.45) is 0. The highest BCUT2D eigenvalue weighted by atomic mass is 19.1. The standard InChI is InChI=1S/C21H17FN4O3/c1-13(27)29-12-16-11-18(24-26(16)15-7-5-6-14(22)10-15)20-21(28)25(2)19-9-4-3-8-17(19)23-20/h3-11H,12H2,1-2H3. The van der Waals surface area contributed by atoms with E-state index in [4.69, 9.17) is 4.74 Å². The highest BCUT2D eigenvalue weighted by molar-refractivity contribution is 5.77. The summed E-state index contributed by atoms with van der Waals surface area (Å²) in [6.45, 7) is 1.22. The molecule has 0 aliphatic heterocycles. The third-order valence-electron chi connectivity index (χ3n) is 4.48. The molecule has 2 heterocycles. The van der Waals surface area contributed by atoms with E-state index in [0.717, 1.165) is 0 Å². The van der Waals surface area contributed by atoms with Gasteiger partial charge < -0.3 is 9.30 Å². The molecule has 4 aromatic rings. The first-order valence-corrected chi connectivity index (χ1v) is 8.88. The van der Waals surface area contributed by atoms with E-state index in [-0.39, 0.29) is 17.9 Å². The van der Waals surface area contributed by atoms with Crippen LogP contribution in [0.4, 0.5) is 4.39 Å². The van der Waals surface area contributed by atoms with Crippen molar-refractivity contribution >= 4 is 17.0 Å². The molecule has 2 aromatic carbocycles. The van der Waals surface area contributed by atoms with Crippen LogP contribution in [0.5, 0.6) is 0 Å². The average Bonchev–Trinajstić information content (AvgIpc) is 3.13. The largest absolute Gasteiger partial charge is 0.459 e. The predicted molar refractivity (Wildman–Crippen MR) is 105 cm³/mol. The second kappa shape index (κ2) is 7.31. The van der Waals surface area contributed by atoms with E-state index in [2.05, 4.69) is 10.1 Å². The number of hydrogen-bond acceptors (Lipinski definition) is 5. The number of carbonyl (C=O) groups is 1. The van der Waals surface area contributed by atoms with Gasteiger partial charge in [0.05, 0.1) is 22.4 Å². The number of nitrogens with zero attached hydrogens (tertiary/aromatic N) is 4. The summed E-state index contributed by atoms with van der Waals surface area (Å²) < 4.78 is 21.8. The van der Waals surface area contributed by atoms with Crippen LogP contribution in [0.25, 0.3) is 28.1 Å². The van der Waals surface area contributed by atoms with Crippen LogP contribution in [0, 0.1) is 5.82 Å². The first kappa shape index (κ1) is 18.5. The average molecular weight is 392 g/mol. The quantitative estimate of drug-likeness (QED) is 0.499. The van der Waals surface area contributed by atoms with Gasteiger partial charge in [-0.15, -0.1) is 0 Å². The molecule has 0 bridgehead atoms. The highest BCUT2D eigenvalue weighted by Crippen LogP contribution is 2.21. The lowest BCUT2D eigenvalue weighted by atomic mass is 10.2. The molecule has 0 saturated heterocycles. The summed E-state index contributed by atoms with van der Waals surface area (Å²) in [5, 5.41) is 4.46. The van der Waals surface area contributed by atoms with Gasteiger partial charge in [-0.05, 0) is 36.4 Å². The van der Waals surface area contributed by atoms with Crippen LogP contribution in [0.2, 0.25) is 0 Å². The van der Waals surface area contributed by atoms with Crippen molar-refractivity contribution in [3.05, 3.63) is 76.5 Å². The van der Waals surface area contributed by atoms with E-state index in [0.29, 0.717) is 28.1 Å². The maximum atomic E-state index is 13.7. The van der Waals surface area contributed by atoms with Gasteiger partial charge in [-0.3, -0.25) is 9.59 Å². The molecular formula is C21H17FN4O3. The van der Waals surface area contributed by atoms with Gasteiger partial charge in [-0.1, -0.05) is 18.2 Å². The number of rotatable bonds is 4. The molecule has 146 valence electrons. The Bertz CT molecular complexity index is 1290. The Hall–Kier alpha value is -3.81. The number of carbonyl (C=O) groups excluding carboxylic acids is 1. The van der Waals surface area contributed by atoms with Crippen molar-refractivity contribution in [3.8, 4) is 17.1 Å². The van der Waals surface area contributed by atoms with Crippen LogP contribution in [-0.2, 0) is 23.2 Å². The number of hydrogen-bond donors (Lipinski definition) is 0.